The van der Waals surface area contributed by atoms with E-state index in [4.69, 9.17) is 9.47 Å². The molecule has 1 N–H and O–H groups in total. The molecule has 27 heavy (non-hydrogen) atoms. The molecule has 3 rings (SSSR count). The second-order valence-electron chi connectivity index (χ2n) is 6.32. The molecule has 0 spiro atoms. The van der Waals surface area contributed by atoms with Crippen LogP contribution in [0, 0.1) is 0 Å². The van der Waals surface area contributed by atoms with Crippen molar-refractivity contribution < 1.29 is 14.3 Å². The number of nitrogens with one attached hydrogen (secondary N) is 1. The third-order valence-corrected chi connectivity index (χ3v) is 5.25. The smallest absolute Gasteiger partial charge is 0.259 e. The number of nitrogens with zero attached hydrogens (tertiary/aromatic N) is 1. The first-order valence-electron chi connectivity index (χ1n) is 8.61. The summed E-state index contributed by atoms with van der Waals surface area (Å²) in [6, 6.07) is 12.8. The monoisotopic (exact) mass is 382 g/mol. The van der Waals surface area contributed by atoms with Crippen molar-refractivity contribution in [3.05, 3.63) is 58.4 Å². The number of thiazole rings is 1. The number of aromatic nitrogens is 1. The molecule has 1 amide bonds. The molecule has 0 unspecified atom stereocenters. The standard InChI is InChI=1S/C21H22N2O3S/c1-13(2)21-23-18(12-27-21)14-5-7-15(8-6-14)22-20(24)17-10-9-16(25-3)11-19(17)26-4/h5-13H,1-4H3,(H,22,24). The van der Waals surface area contributed by atoms with E-state index in [0.29, 0.717) is 28.7 Å². The first-order chi connectivity index (χ1) is 13.0. The summed E-state index contributed by atoms with van der Waals surface area (Å²) >= 11 is 1.67. The maximum atomic E-state index is 12.6. The van der Waals surface area contributed by atoms with Crippen LogP contribution in [-0.2, 0) is 0 Å². The van der Waals surface area contributed by atoms with Crippen LogP contribution in [0.15, 0.2) is 47.8 Å². The Labute approximate surface area is 163 Å². The molecule has 3 aromatic rings. The van der Waals surface area contributed by atoms with E-state index < -0.39 is 0 Å². The molecule has 1 heterocycles. The van der Waals surface area contributed by atoms with Gasteiger partial charge in [0.1, 0.15) is 11.5 Å². The van der Waals surface area contributed by atoms with E-state index >= 15 is 0 Å². The highest BCUT2D eigenvalue weighted by Crippen LogP contribution is 2.28. The summed E-state index contributed by atoms with van der Waals surface area (Å²) in [5.41, 5.74) is 3.14. The number of anilines is 1. The van der Waals surface area contributed by atoms with Crippen molar-refractivity contribution in [1.82, 2.24) is 4.98 Å². The summed E-state index contributed by atoms with van der Waals surface area (Å²) in [6.45, 7) is 4.27. The van der Waals surface area contributed by atoms with Crippen molar-refractivity contribution in [3.8, 4) is 22.8 Å². The number of benzene rings is 2. The van der Waals surface area contributed by atoms with Gasteiger partial charge in [0, 0.05) is 28.6 Å². The summed E-state index contributed by atoms with van der Waals surface area (Å²) in [7, 11) is 3.10. The molecule has 0 saturated carbocycles. The van der Waals surface area contributed by atoms with Gasteiger partial charge in [0.05, 0.1) is 30.5 Å². The van der Waals surface area contributed by atoms with Crippen LogP contribution in [0.25, 0.3) is 11.3 Å². The lowest BCUT2D eigenvalue weighted by molar-refractivity contribution is 0.102. The van der Waals surface area contributed by atoms with E-state index in [1.54, 1.807) is 36.6 Å². The highest BCUT2D eigenvalue weighted by molar-refractivity contribution is 7.10. The molecule has 0 atom stereocenters. The van der Waals surface area contributed by atoms with Crippen molar-refractivity contribution in [3.63, 3.8) is 0 Å². The average molecular weight is 382 g/mol. The van der Waals surface area contributed by atoms with Crippen LogP contribution in [0.5, 0.6) is 11.5 Å². The molecular weight excluding hydrogens is 360 g/mol. The fraction of sp³-hybridized carbons (Fsp3) is 0.238. The minimum absolute atomic E-state index is 0.238. The Balaban J connectivity index is 1.75. The Morgan fingerprint density at radius 3 is 2.41 bits per heavy atom. The number of hydrogen-bond donors (Lipinski definition) is 1. The molecule has 0 aliphatic carbocycles. The van der Waals surface area contributed by atoms with Gasteiger partial charge in [0.25, 0.3) is 5.91 Å². The molecule has 1 aromatic heterocycles. The Morgan fingerprint density at radius 2 is 1.81 bits per heavy atom. The van der Waals surface area contributed by atoms with Crippen molar-refractivity contribution in [2.45, 2.75) is 19.8 Å². The lowest BCUT2D eigenvalue weighted by Crippen LogP contribution is -2.13. The number of amides is 1. The molecule has 0 aliphatic heterocycles. The lowest BCUT2D eigenvalue weighted by Gasteiger charge is -2.11. The third kappa shape index (κ3) is 4.28. The summed E-state index contributed by atoms with van der Waals surface area (Å²) in [5.74, 6) is 1.28. The summed E-state index contributed by atoms with van der Waals surface area (Å²) in [4.78, 5) is 17.2. The van der Waals surface area contributed by atoms with E-state index in [1.807, 2.05) is 24.3 Å². The predicted octanol–water partition coefficient (Wildman–Crippen LogP) is 5.20. The molecule has 6 heteroatoms. The maximum absolute atomic E-state index is 12.6. The number of carbonyl (C=O) groups is 1. The molecule has 0 fully saturated rings. The normalized spacial score (nSPS) is 10.7. The topological polar surface area (TPSA) is 60.5 Å². The molecule has 140 valence electrons. The lowest BCUT2D eigenvalue weighted by atomic mass is 10.1. The highest BCUT2D eigenvalue weighted by Gasteiger charge is 2.14. The zero-order valence-corrected chi connectivity index (χ0v) is 16.6. The quantitative estimate of drug-likeness (QED) is 0.636. The molecule has 2 aromatic carbocycles. The number of ether oxygens (including phenoxy) is 2. The fourth-order valence-electron chi connectivity index (χ4n) is 2.59. The van der Waals surface area contributed by atoms with Crippen molar-refractivity contribution in [2.75, 3.05) is 19.5 Å². The van der Waals surface area contributed by atoms with Crippen LogP contribution in [0.1, 0.15) is 35.1 Å². The average Bonchev–Trinajstić information content (AvgIpc) is 3.18. The van der Waals surface area contributed by atoms with Crippen LogP contribution in [0.4, 0.5) is 5.69 Å². The first kappa shape index (κ1) is 18.9. The summed E-state index contributed by atoms with van der Waals surface area (Å²) in [5, 5.41) is 6.08. The number of carbonyl (C=O) groups excluding carboxylic acids is 1. The molecule has 5 nitrogen and oxygen atoms in total. The van der Waals surface area contributed by atoms with Crippen LogP contribution in [-0.4, -0.2) is 25.1 Å². The largest absolute Gasteiger partial charge is 0.497 e. The molecule has 0 bridgehead atoms. The van der Waals surface area contributed by atoms with Gasteiger partial charge >= 0.3 is 0 Å². The van der Waals surface area contributed by atoms with Crippen molar-refractivity contribution in [1.29, 1.82) is 0 Å². The van der Waals surface area contributed by atoms with Crippen LogP contribution in [0.2, 0.25) is 0 Å². The number of rotatable bonds is 6. The summed E-state index contributed by atoms with van der Waals surface area (Å²) < 4.78 is 10.5. The van der Waals surface area contributed by atoms with Gasteiger partial charge in [0.2, 0.25) is 0 Å². The Morgan fingerprint density at radius 1 is 1.07 bits per heavy atom. The van der Waals surface area contributed by atoms with Gasteiger partial charge in [-0.15, -0.1) is 11.3 Å². The van der Waals surface area contributed by atoms with Gasteiger partial charge in [-0.2, -0.15) is 0 Å². The van der Waals surface area contributed by atoms with Gasteiger partial charge in [-0.25, -0.2) is 4.98 Å². The zero-order chi connectivity index (χ0) is 19.4. The molecule has 0 aliphatic rings. The minimum atomic E-state index is -0.238. The van der Waals surface area contributed by atoms with Crippen LogP contribution < -0.4 is 14.8 Å². The van der Waals surface area contributed by atoms with E-state index in [0.717, 1.165) is 16.3 Å². The summed E-state index contributed by atoms with van der Waals surface area (Å²) in [6.07, 6.45) is 0. The van der Waals surface area contributed by atoms with Crippen LogP contribution >= 0.6 is 11.3 Å². The Hall–Kier alpha value is -2.86. The van der Waals surface area contributed by atoms with Gasteiger partial charge in [-0.05, 0) is 24.3 Å². The molecule has 0 saturated heterocycles. The van der Waals surface area contributed by atoms with Gasteiger partial charge in [-0.3, -0.25) is 4.79 Å². The van der Waals surface area contributed by atoms with Crippen LogP contribution in [0.3, 0.4) is 0 Å². The number of methoxy groups -OCH3 is 2. The van der Waals surface area contributed by atoms with Crippen molar-refractivity contribution in [2.24, 2.45) is 0 Å². The van der Waals surface area contributed by atoms with Gasteiger partial charge < -0.3 is 14.8 Å². The van der Waals surface area contributed by atoms with E-state index in [1.165, 1.54) is 7.11 Å². The van der Waals surface area contributed by atoms with Gasteiger partial charge in [0.15, 0.2) is 0 Å². The molecular formula is C21H22N2O3S. The molecule has 0 radical (unpaired) electrons. The Bertz CT molecular complexity index is 933. The SMILES string of the molecule is COc1ccc(C(=O)Nc2ccc(-c3csc(C(C)C)n3)cc2)c(OC)c1. The highest BCUT2D eigenvalue weighted by atomic mass is 32.1. The zero-order valence-electron chi connectivity index (χ0n) is 15.8. The minimum Gasteiger partial charge on any atom is -0.497 e. The first-order valence-corrected chi connectivity index (χ1v) is 9.49. The number of hydrogen-bond acceptors (Lipinski definition) is 5. The second-order valence-corrected chi connectivity index (χ2v) is 7.21. The fourth-order valence-corrected chi connectivity index (χ4v) is 3.44. The Kier molecular flexibility index (Phi) is 5.76. The van der Waals surface area contributed by atoms with Gasteiger partial charge in [-0.1, -0.05) is 26.0 Å². The predicted molar refractivity (Wildman–Crippen MR) is 109 cm³/mol. The van der Waals surface area contributed by atoms with Crippen molar-refractivity contribution >= 4 is 22.9 Å². The van der Waals surface area contributed by atoms with E-state index in [-0.39, 0.29) is 5.91 Å². The maximum Gasteiger partial charge on any atom is 0.259 e. The second kappa shape index (κ2) is 8.22. The van der Waals surface area contributed by atoms with E-state index in [2.05, 4.69) is 29.5 Å². The van der Waals surface area contributed by atoms with E-state index in [9.17, 15) is 4.79 Å². The third-order valence-electron chi connectivity index (χ3n) is 4.11.